The molecule has 0 saturated heterocycles. The lowest BCUT2D eigenvalue weighted by molar-refractivity contribution is -0.142. The molecule has 2 amide bonds. The van der Waals surface area contributed by atoms with E-state index >= 15 is 0 Å². The van der Waals surface area contributed by atoms with E-state index in [9.17, 15) is 9.59 Å². The lowest BCUT2D eigenvalue weighted by Gasteiger charge is -2.16. The molecule has 0 aliphatic heterocycles. The van der Waals surface area contributed by atoms with Gasteiger partial charge in [0.15, 0.2) is 0 Å². The maximum Gasteiger partial charge on any atom is 0.315 e. The molecule has 1 unspecified atom stereocenters. The van der Waals surface area contributed by atoms with Crippen LogP contribution in [0.5, 0.6) is 0 Å². The van der Waals surface area contributed by atoms with Crippen LogP contribution >= 0.6 is 0 Å². The van der Waals surface area contributed by atoms with Crippen LogP contribution in [0.3, 0.4) is 0 Å². The number of amides is 2. The third kappa shape index (κ3) is 5.21. The van der Waals surface area contributed by atoms with Crippen molar-refractivity contribution in [3.05, 3.63) is 23.8 Å². The molecule has 0 saturated carbocycles. The number of carbonyl (C=O) groups excluding carboxylic acids is 1. The fourth-order valence-electron chi connectivity index (χ4n) is 1.55. The molecule has 1 heterocycles. The van der Waals surface area contributed by atoms with E-state index in [4.69, 9.17) is 5.11 Å². The second-order valence-corrected chi connectivity index (χ2v) is 4.90. The zero-order valence-electron chi connectivity index (χ0n) is 11.9. The van der Waals surface area contributed by atoms with Crippen molar-refractivity contribution in [1.82, 2.24) is 20.6 Å². The summed E-state index contributed by atoms with van der Waals surface area (Å²) in [7, 11) is 0. The molecule has 0 aliphatic carbocycles. The van der Waals surface area contributed by atoms with Crippen LogP contribution in [0.4, 0.5) is 4.79 Å². The summed E-state index contributed by atoms with van der Waals surface area (Å²) in [5, 5.41) is 14.2. The number of carboxylic acid groups (broad SMARTS) is 1. The number of hydrogen-bond donors (Lipinski definition) is 3. The van der Waals surface area contributed by atoms with E-state index < -0.39 is 17.9 Å². The Labute approximate surface area is 117 Å². The van der Waals surface area contributed by atoms with Gasteiger partial charge in [-0.2, -0.15) is 0 Å². The summed E-state index contributed by atoms with van der Waals surface area (Å²) in [5.74, 6) is -1.56. The van der Waals surface area contributed by atoms with Gasteiger partial charge >= 0.3 is 12.0 Å². The second kappa shape index (κ2) is 7.42. The number of nitrogens with one attached hydrogen (secondary N) is 2. The molecule has 7 heteroatoms. The number of carbonyl (C=O) groups is 2. The number of nitrogens with zero attached hydrogens (tertiary/aromatic N) is 2. The number of aliphatic carboxylic acids is 1. The first-order valence-corrected chi connectivity index (χ1v) is 6.42. The molecule has 110 valence electrons. The van der Waals surface area contributed by atoms with Gasteiger partial charge < -0.3 is 15.7 Å². The van der Waals surface area contributed by atoms with Crippen LogP contribution in [0.15, 0.2) is 12.4 Å². The first-order chi connectivity index (χ1) is 9.40. The highest BCUT2D eigenvalue weighted by Crippen LogP contribution is 2.09. The van der Waals surface area contributed by atoms with E-state index in [2.05, 4.69) is 20.6 Å². The monoisotopic (exact) mass is 280 g/mol. The average Bonchev–Trinajstić information content (AvgIpc) is 2.37. The minimum atomic E-state index is -0.912. The maximum absolute atomic E-state index is 11.6. The molecule has 3 N–H and O–H groups in total. The van der Waals surface area contributed by atoms with Crippen LogP contribution in [0.25, 0.3) is 0 Å². The third-order valence-electron chi connectivity index (χ3n) is 2.87. The van der Waals surface area contributed by atoms with E-state index in [1.807, 2.05) is 6.92 Å². The summed E-state index contributed by atoms with van der Waals surface area (Å²) in [6, 6.07) is -0.417. The molecule has 1 rings (SSSR count). The fourth-order valence-corrected chi connectivity index (χ4v) is 1.55. The number of hydrogen-bond acceptors (Lipinski definition) is 4. The largest absolute Gasteiger partial charge is 0.481 e. The summed E-state index contributed by atoms with van der Waals surface area (Å²) in [4.78, 5) is 30.7. The number of carboxylic acids is 1. The Bertz CT molecular complexity index is 459. The van der Waals surface area contributed by atoms with E-state index in [1.54, 1.807) is 26.2 Å². The topological polar surface area (TPSA) is 104 Å². The Morgan fingerprint density at radius 3 is 2.45 bits per heavy atom. The Hall–Kier alpha value is -2.18. The first kappa shape index (κ1) is 15.9. The average molecular weight is 280 g/mol. The number of urea groups is 1. The first-order valence-electron chi connectivity index (χ1n) is 6.42. The van der Waals surface area contributed by atoms with Crippen LogP contribution in [-0.2, 0) is 11.3 Å². The van der Waals surface area contributed by atoms with E-state index in [1.165, 1.54) is 0 Å². The Kier molecular flexibility index (Phi) is 5.89. The van der Waals surface area contributed by atoms with Crippen molar-refractivity contribution < 1.29 is 14.7 Å². The van der Waals surface area contributed by atoms with Crippen molar-refractivity contribution in [3.8, 4) is 0 Å². The fraction of sp³-hybridized carbons (Fsp3) is 0.538. The van der Waals surface area contributed by atoms with Gasteiger partial charge in [-0.1, -0.05) is 13.8 Å². The van der Waals surface area contributed by atoms with Crippen molar-refractivity contribution in [2.45, 2.75) is 27.3 Å². The summed E-state index contributed by atoms with van der Waals surface area (Å²) in [6.45, 7) is 5.78. The van der Waals surface area contributed by atoms with Crippen molar-refractivity contribution in [2.24, 2.45) is 11.8 Å². The van der Waals surface area contributed by atoms with Gasteiger partial charge in [-0.25, -0.2) is 4.79 Å². The summed E-state index contributed by atoms with van der Waals surface area (Å²) >= 11 is 0. The van der Waals surface area contributed by atoms with Crippen molar-refractivity contribution in [2.75, 3.05) is 6.54 Å². The van der Waals surface area contributed by atoms with Gasteiger partial charge in [-0.05, 0) is 12.8 Å². The predicted molar refractivity (Wildman–Crippen MR) is 73.0 cm³/mol. The molecule has 0 radical (unpaired) electrons. The third-order valence-corrected chi connectivity index (χ3v) is 2.87. The van der Waals surface area contributed by atoms with E-state index in [0.29, 0.717) is 5.69 Å². The molecule has 0 aromatic carbocycles. The van der Waals surface area contributed by atoms with Crippen molar-refractivity contribution in [3.63, 3.8) is 0 Å². The molecular formula is C13H20N4O3. The number of aromatic nitrogens is 2. The Balaban J connectivity index is 2.36. The molecule has 0 spiro atoms. The summed E-state index contributed by atoms with van der Waals surface area (Å²) in [5.41, 5.74) is 1.45. The van der Waals surface area contributed by atoms with E-state index in [-0.39, 0.29) is 19.0 Å². The standard InChI is InChI=1S/C13H20N4O3/c1-8(2)11(12(18)19)7-17-13(20)16-6-10-5-14-9(3)4-15-10/h4-5,8,11H,6-7H2,1-3H3,(H,18,19)(H2,16,17,20). The normalized spacial score (nSPS) is 12.0. The SMILES string of the molecule is Cc1cnc(CNC(=O)NCC(C(=O)O)C(C)C)cn1. The van der Waals surface area contributed by atoms with Crippen LogP contribution in [0.1, 0.15) is 25.2 Å². The lowest BCUT2D eigenvalue weighted by atomic mass is 9.96. The molecule has 1 aromatic heterocycles. The van der Waals surface area contributed by atoms with Crippen molar-refractivity contribution in [1.29, 1.82) is 0 Å². The quantitative estimate of drug-likeness (QED) is 0.719. The molecule has 7 nitrogen and oxygen atoms in total. The highest BCUT2D eigenvalue weighted by molar-refractivity contribution is 5.75. The molecular weight excluding hydrogens is 260 g/mol. The molecule has 20 heavy (non-hydrogen) atoms. The summed E-state index contributed by atoms with van der Waals surface area (Å²) in [6.07, 6.45) is 3.21. The van der Waals surface area contributed by atoms with Gasteiger partial charge in [0.05, 0.1) is 30.0 Å². The van der Waals surface area contributed by atoms with Gasteiger partial charge in [0, 0.05) is 12.7 Å². The number of rotatable bonds is 6. The van der Waals surface area contributed by atoms with Gasteiger partial charge in [-0.15, -0.1) is 0 Å². The lowest BCUT2D eigenvalue weighted by Crippen LogP contribution is -2.41. The van der Waals surface area contributed by atoms with Crippen molar-refractivity contribution >= 4 is 12.0 Å². The van der Waals surface area contributed by atoms with Crippen LogP contribution in [0, 0.1) is 18.8 Å². The Morgan fingerprint density at radius 2 is 1.95 bits per heavy atom. The maximum atomic E-state index is 11.6. The van der Waals surface area contributed by atoms with Crippen LogP contribution < -0.4 is 10.6 Å². The highest BCUT2D eigenvalue weighted by Gasteiger charge is 2.21. The molecule has 0 aliphatic rings. The van der Waals surface area contributed by atoms with E-state index in [0.717, 1.165) is 5.69 Å². The second-order valence-electron chi connectivity index (χ2n) is 4.90. The minimum absolute atomic E-state index is 0.0456. The van der Waals surface area contributed by atoms with Crippen LogP contribution in [-0.4, -0.2) is 33.6 Å². The molecule has 1 atom stereocenters. The Morgan fingerprint density at radius 1 is 1.25 bits per heavy atom. The minimum Gasteiger partial charge on any atom is -0.481 e. The van der Waals surface area contributed by atoms with Gasteiger partial charge in [0.2, 0.25) is 0 Å². The smallest absolute Gasteiger partial charge is 0.315 e. The van der Waals surface area contributed by atoms with Gasteiger partial charge in [0.1, 0.15) is 0 Å². The van der Waals surface area contributed by atoms with Gasteiger partial charge in [0.25, 0.3) is 0 Å². The molecule has 1 aromatic rings. The zero-order chi connectivity index (χ0) is 15.1. The zero-order valence-corrected chi connectivity index (χ0v) is 11.9. The van der Waals surface area contributed by atoms with Crippen LogP contribution in [0.2, 0.25) is 0 Å². The molecule has 0 bridgehead atoms. The highest BCUT2D eigenvalue weighted by atomic mass is 16.4. The van der Waals surface area contributed by atoms with Gasteiger partial charge in [-0.3, -0.25) is 14.8 Å². The molecule has 0 fully saturated rings. The summed E-state index contributed by atoms with van der Waals surface area (Å²) < 4.78 is 0. The predicted octanol–water partition coefficient (Wildman–Crippen LogP) is 0.941. The number of aryl methyl sites for hydroxylation is 1.